The lowest BCUT2D eigenvalue weighted by Gasteiger charge is -2.17. The van der Waals surface area contributed by atoms with E-state index in [9.17, 15) is 0 Å². The van der Waals surface area contributed by atoms with Crippen molar-refractivity contribution in [2.75, 3.05) is 0 Å². The van der Waals surface area contributed by atoms with Gasteiger partial charge in [-0.25, -0.2) is 0 Å². The van der Waals surface area contributed by atoms with Crippen molar-refractivity contribution in [3.63, 3.8) is 0 Å². The maximum Gasteiger partial charge on any atom is 0.135 e. The molecule has 0 radical (unpaired) electrons. The van der Waals surface area contributed by atoms with Gasteiger partial charge in [-0.05, 0) is 130 Å². The van der Waals surface area contributed by atoms with Gasteiger partial charge in [0.05, 0.1) is 22.1 Å². The van der Waals surface area contributed by atoms with Crippen LogP contribution in [-0.2, 0) is 0 Å². The molecule has 0 amide bonds. The molecule has 4 heteroatoms. The van der Waals surface area contributed by atoms with E-state index in [0.717, 1.165) is 88.6 Å². The molecule has 0 unspecified atom stereocenters. The van der Waals surface area contributed by atoms with Crippen LogP contribution in [0.5, 0.6) is 0 Å². The zero-order chi connectivity index (χ0) is 41.9. The highest BCUT2D eigenvalue weighted by molar-refractivity contribution is 6.12. The Balaban J connectivity index is 1.07. The first kappa shape index (κ1) is 35.0. The van der Waals surface area contributed by atoms with Crippen molar-refractivity contribution in [2.45, 2.75) is 0 Å². The predicted octanol–water partition coefficient (Wildman–Crippen LogP) is 16.7. The quantitative estimate of drug-likeness (QED) is 0.173. The van der Waals surface area contributed by atoms with E-state index in [1.54, 1.807) is 0 Å². The largest absolute Gasteiger partial charge is 0.456 e. The van der Waals surface area contributed by atoms with Crippen LogP contribution in [0, 0.1) is 0 Å². The molecule has 10 aromatic carbocycles. The van der Waals surface area contributed by atoms with E-state index in [-0.39, 0.29) is 0 Å². The highest BCUT2D eigenvalue weighted by Gasteiger charge is 2.19. The van der Waals surface area contributed by atoms with Crippen molar-refractivity contribution >= 4 is 87.5 Å². The molecule has 0 fully saturated rings. The molecule has 298 valence electrons. The Morgan fingerprint density at radius 1 is 0.219 bits per heavy atom. The fourth-order valence-corrected chi connectivity index (χ4v) is 10.4. The molecule has 0 spiro atoms. The Morgan fingerprint density at radius 2 is 0.516 bits per heavy atom. The third-order valence-corrected chi connectivity index (χ3v) is 13.3. The lowest BCUT2D eigenvalue weighted by atomic mass is 9.93. The third-order valence-electron chi connectivity index (χ3n) is 13.3. The van der Waals surface area contributed by atoms with Gasteiger partial charge in [-0.2, -0.15) is 0 Å². The third kappa shape index (κ3) is 5.23. The first-order valence-electron chi connectivity index (χ1n) is 21.8. The highest BCUT2D eigenvalue weighted by atomic mass is 16.3. The molecule has 14 aromatic rings. The molecule has 0 saturated carbocycles. The summed E-state index contributed by atoms with van der Waals surface area (Å²) < 4.78 is 17.5. The highest BCUT2D eigenvalue weighted by Crippen LogP contribution is 2.42. The molecule has 0 atom stereocenters. The summed E-state index contributed by atoms with van der Waals surface area (Å²) in [6, 6.07) is 79.0. The Hall–Kier alpha value is -8.60. The van der Waals surface area contributed by atoms with Crippen LogP contribution in [0.2, 0.25) is 0 Å². The van der Waals surface area contributed by atoms with Crippen molar-refractivity contribution in [3.05, 3.63) is 218 Å². The smallest absolute Gasteiger partial charge is 0.135 e. The Bertz CT molecular complexity index is 3830. The van der Waals surface area contributed by atoms with E-state index in [1.165, 1.54) is 43.6 Å². The van der Waals surface area contributed by atoms with Gasteiger partial charge in [-0.3, -0.25) is 0 Å². The molecule has 4 aromatic heterocycles. The van der Waals surface area contributed by atoms with Crippen LogP contribution in [0.25, 0.3) is 132 Å². The van der Waals surface area contributed by atoms with Gasteiger partial charge in [0.15, 0.2) is 0 Å². The zero-order valence-electron chi connectivity index (χ0n) is 34.5. The van der Waals surface area contributed by atoms with Gasteiger partial charge in [-0.15, -0.1) is 0 Å². The number of hydrogen-bond acceptors (Lipinski definition) is 2. The van der Waals surface area contributed by atoms with Crippen LogP contribution >= 0.6 is 0 Å². The number of rotatable bonds is 5. The molecule has 4 heterocycles. The number of para-hydroxylation sites is 6. The first-order chi connectivity index (χ1) is 31.7. The number of benzene rings is 10. The molecule has 0 N–H and O–H groups in total. The molecule has 0 aliphatic rings. The SMILES string of the molecule is c1ccc2c(c1)oc1ccc(-c3cc(-c4cc(-c5ccc6oc7ccccc7c6c5)cc(-n5c6ccccc6c6ccccc65)c4)cc(-n4c5ccccc5c5ccccc54)c3)cc12. The van der Waals surface area contributed by atoms with E-state index in [2.05, 4.69) is 203 Å². The molecular weight excluding hydrogens is 781 g/mol. The van der Waals surface area contributed by atoms with E-state index in [1.807, 2.05) is 24.3 Å². The topological polar surface area (TPSA) is 36.1 Å². The minimum Gasteiger partial charge on any atom is -0.456 e. The average molecular weight is 817 g/mol. The van der Waals surface area contributed by atoms with Gasteiger partial charge < -0.3 is 18.0 Å². The maximum absolute atomic E-state index is 6.31. The Morgan fingerprint density at radius 3 is 0.891 bits per heavy atom. The summed E-state index contributed by atoms with van der Waals surface area (Å²) in [6.07, 6.45) is 0. The number of furan rings is 2. The monoisotopic (exact) mass is 816 g/mol. The summed E-state index contributed by atoms with van der Waals surface area (Å²) in [5.41, 5.74) is 17.1. The lowest BCUT2D eigenvalue weighted by Crippen LogP contribution is -1.98. The lowest BCUT2D eigenvalue weighted by molar-refractivity contribution is 0.668. The second-order valence-electron chi connectivity index (χ2n) is 16.9. The fraction of sp³-hybridized carbons (Fsp3) is 0. The van der Waals surface area contributed by atoms with Crippen LogP contribution < -0.4 is 0 Å². The number of hydrogen-bond donors (Lipinski definition) is 0. The summed E-state index contributed by atoms with van der Waals surface area (Å²) in [5, 5.41) is 9.36. The first-order valence-corrected chi connectivity index (χ1v) is 21.8. The number of fused-ring (bicyclic) bond motifs is 12. The summed E-state index contributed by atoms with van der Waals surface area (Å²) in [4.78, 5) is 0. The molecule has 4 nitrogen and oxygen atoms in total. The van der Waals surface area contributed by atoms with Gasteiger partial charge in [0, 0.05) is 54.5 Å². The molecular formula is C60H36N2O2. The maximum atomic E-state index is 6.31. The van der Waals surface area contributed by atoms with Crippen LogP contribution in [0.3, 0.4) is 0 Å². The standard InChI is InChI=1S/C60H36N2O2/c1-7-19-53-45(13-1)46-14-2-8-20-54(46)61(53)43-31-39(37-25-27-59-51(35-37)49-17-5-11-23-57(49)63-59)29-41(33-43)42-30-40(38-26-28-60-52(36-38)50-18-6-12-24-58(50)64-60)32-44(34-42)62-55-21-9-3-15-47(55)48-16-4-10-22-56(48)62/h1-36H. The Labute approximate surface area is 367 Å². The molecule has 14 rings (SSSR count). The van der Waals surface area contributed by atoms with E-state index >= 15 is 0 Å². The van der Waals surface area contributed by atoms with Crippen molar-refractivity contribution in [3.8, 4) is 44.8 Å². The van der Waals surface area contributed by atoms with Gasteiger partial charge in [0.2, 0.25) is 0 Å². The second kappa shape index (κ2) is 13.4. The molecule has 0 bridgehead atoms. The second-order valence-corrected chi connectivity index (χ2v) is 16.9. The van der Waals surface area contributed by atoms with Crippen LogP contribution in [-0.4, -0.2) is 9.13 Å². The van der Waals surface area contributed by atoms with Crippen LogP contribution in [0.15, 0.2) is 227 Å². The van der Waals surface area contributed by atoms with Crippen LogP contribution in [0.1, 0.15) is 0 Å². The van der Waals surface area contributed by atoms with Gasteiger partial charge >= 0.3 is 0 Å². The van der Waals surface area contributed by atoms with Gasteiger partial charge in [0.1, 0.15) is 22.3 Å². The van der Waals surface area contributed by atoms with Gasteiger partial charge in [-0.1, -0.05) is 121 Å². The van der Waals surface area contributed by atoms with Crippen molar-refractivity contribution < 1.29 is 8.83 Å². The average Bonchev–Trinajstić information content (AvgIpc) is 4.11. The Kier molecular flexibility index (Phi) is 7.36. The summed E-state index contributed by atoms with van der Waals surface area (Å²) in [6.45, 7) is 0. The minimum absolute atomic E-state index is 0.884. The molecule has 0 aliphatic heterocycles. The van der Waals surface area contributed by atoms with Gasteiger partial charge in [0.25, 0.3) is 0 Å². The van der Waals surface area contributed by atoms with E-state index < -0.39 is 0 Å². The predicted molar refractivity (Wildman–Crippen MR) is 266 cm³/mol. The normalized spacial score (nSPS) is 12.1. The van der Waals surface area contributed by atoms with Crippen molar-refractivity contribution in [1.82, 2.24) is 9.13 Å². The number of aromatic nitrogens is 2. The molecule has 64 heavy (non-hydrogen) atoms. The molecule has 0 aliphatic carbocycles. The minimum atomic E-state index is 0.884. The number of nitrogens with zero attached hydrogens (tertiary/aromatic N) is 2. The summed E-state index contributed by atoms with van der Waals surface area (Å²) in [7, 11) is 0. The van der Waals surface area contributed by atoms with Crippen LogP contribution in [0.4, 0.5) is 0 Å². The fourth-order valence-electron chi connectivity index (χ4n) is 10.4. The summed E-state index contributed by atoms with van der Waals surface area (Å²) in [5.74, 6) is 0. The van der Waals surface area contributed by atoms with E-state index in [4.69, 9.17) is 8.83 Å². The molecule has 0 saturated heterocycles. The van der Waals surface area contributed by atoms with Crippen molar-refractivity contribution in [2.24, 2.45) is 0 Å². The summed E-state index contributed by atoms with van der Waals surface area (Å²) >= 11 is 0. The zero-order valence-corrected chi connectivity index (χ0v) is 34.5. The van der Waals surface area contributed by atoms with Crippen molar-refractivity contribution in [1.29, 1.82) is 0 Å². The van der Waals surface area contributed by atoms with E-state index in [0.29, 0.717) is 0 Å².